The van der Waals surface area contributed by atoms with E-state index in [4.69, 9.17) is 4.74 Å². The van der Waals surface area contributed by atoms with E-state index in [2.05, 4.69) is 63.0 Å². The van der Waals surface area contributed by atoms with Crippen LogP contribution >= 0.6 is 31.9 Å². The van der Waals surface area contributed by atoms with E-state index in [9.17, 15) is 0 Å². The number of benzene rings is 1. The number of hydrogen-bond donors (Lipinski definition) is 0. The van der Waals surface area contributed by atoms with Crippen LogP contribution in [-0.4, -0.2) is 19.0 Å². The maximum Gasteiger partial charge on any atom is 0.0464 e. The first-order chi connectivity index (χ1) is 8.19. The summed E-state index contributed by atoms with van der Waals surface area (Å²) in [7, 11) is 1.77. The molecule has 1 aromatic rings. The Morgan fingerprint density at radius 1 is 1.29 bits per heavy atom. The summed E-state index contributed by atoms with van der Waals surface area (Å²) < 4.78 is 6.37. The van der Waals surface area contributed by atoms with Crippen LogP contribution in [0.1, 0.15) is 18.9 Å². The summed E-state index contributed by atoms with van der Waals surface area (Å²) in [5.74, 6) is 1.32. The minimum Gasteiger partial charge on any atom is -0.385 e. The van der Waals surface area contributed by atoms with Gasteiger partial charge in [0, 0.05) is 23.5 Å². The van der Waals surface area contributed by atoms with E-state index in [1.165, 1.54) is 10.0 Å². The van der Waals surface area contributed by atoms with Crippen molar-refractivity contribution in [2.75, 3.05) is 19.0 Å². The van der Waals surface area contributed by atoms with Gasteiger partial charge in [-0.1, -0.05) is 57.0 Å². The second-order valence-corrected chi connectivity index (χ2v) is 5.97. The predicted molar refractivity (Wildman–Crippen MR) is 80.8 cm³/mol. The number of methoxy groups -OCH3 is 1. The van der Waals surface area contributed by atoms with Crippen molar-refractivity contribution in [2.24, 2.45) is 11.8 Å². The van der Waals surface area contributed by atoms with Gasteiger partial charge in [0.25, 0.3) is 0 Å². The summed E-state index contributed by atoms with van der Waals surface area (Å²) in [4.78, 5) is 0. The molecule has 0 heterocycles. The molecule has 0 amide bonds. The highest BCUT2D eigenvalue weighted by molar-refractivity contribution is 9.10. The van der Waals surface area contributed by atoms with Crippen LogP contribution in [0.4, 0.5) is 0 Å². The molecule has 3 heteroatoms. The van der Waals surface area contributed by atoms with Crippen LogP contribution in [0.25, 0.3) is 0 Å². The largest absolute Gasteiger partial charge is 0.385 e. The average Bonchev–Trinajstić information content (AvgIpc) is 2.35. The molecular formula is C14H20Br2O. The summed E-state index contributed by atoms with van der Waals surface area (Å²) in [6, 6.07) is 8.47. The average molecular weight is 364 g/mol. The molecule has 0 saturated heterocycles. The van der Waals surface area contributed by atoms with E-state index in [0.717, 1.165) is 24.8 Å². The van der Waals surface area contributed by atoms with Gasteiger partial charge < -0.3 is 4.74 Å². The third-order valence-corrected chi connectivity index (χ3v) is 4.83. The van der Waals surface area contributed by atoms with E-state index < -0.39 is 0 Å². The van der Waals surface area contributed by atoms with Crippen molar-refractivity contribution in [1.82, 2.24) is 0 Å². The SMILES string of the molecule is COCCC(C)C(CBr)Cc1ccccc1Br. The summed E-state index contributed by atoms with van der Waals surface area (Å²) >= 11 is 7.25. The van der Waals surface area contributed by atoms with Crippen molar-refractivity contribution >= 4 is 31.9 Å². The quantitative estimate of drug-likeness (QED) is 0.639. The number of alkyl halides is 1. The fourth-order valence-electron chi connectivity index (χ4n) is 1.89. The Bertz CT molecular complexity index is 328. The zero-order valence-corrected chi connectivity index (χ0v) is 13.6. The fourth-order valence-corrected chi connectivity index (χ4v) is 3.21. The molecule has 0 aromatic heterocycles. The topological polar surface area (TPSA) is 9.23 Å². The molecule has 1 rings (SSSR count). The van der Waals surface area contributed by atoms with Crippen molar-refractivity contribution in [3.63, 3.8) is 0 Å². The highest BCUT2D eigenvalue weighted by Gasteiger charge is 2.17. The molecule has 0 spiro atoms. The van der Waals surface area contributed by atoms with Gasteiger partial charge in [0.2, 0.25) is 0 Å². The predicted octanol–water partition coefficient (Wildman–Crippen LogP) is 4.68. The fraction of sp³-hybridized carbons (Fsp3) is 0.571. The molecule has 1 aromatic carbocycles. The van der Waals surface area contributed by atoms with Crippen LogP contribution in [0.3, 0.4) is 0 Å². The first-order valence-corrected chi connectivity index (χ1v) is 7.88. The number of hydrogen-bond acceptors (Lipinski definition) is 1. The third kappa shape index (κ3) is 5.11. The monoisotopic (exact) mass is 362 g/mol. The minimum atomic E-state index is 0.656. The molecule has 0 radical (unpaired) electrons. The van der Waals surface area contributed by atoms with Gasteiger partial charge in [-0.15, -0.1) is 0 Å². The molecule has 0 aliphatic carbocycles. The van der Waals surface area contributed by atoms with E-state index in [1.54, 1.807) is 7.11 Å². The summed E-state index contributed by atoms with van der Waals surface area (Å²) in [5.41, 5.74) is 1.39. The van der Waals surface area contributed by atoms with Crippen LogP contribution in [0.2, 0.25) is 0 Å². The minimum absolute atomic E-state index is 0.656. The molecule has 0 saturated carbocycles. The van der Waals surface area contributed by atoms with Gasteiger partial charge >= 0.3 is 0 Å². The van der Waals surface area contributed by atoms with Gasteiger partial charge in [-0.05, 0) is 36.3 Å². The molecule has 2 unspecified atom stereocenters. The Morgan fingerprint density at radius 3 is 2.59 bits per heavy atom. The second kappa shape index (κ2) is 8.28. The Kier molecular flexibility index (Phi) is 7.40. The van der Waals surface area contributed by atoms with Crippen molar-refractivity contribution in [3.8, 4) is 0 Å². The first kappa shape index (κ1) is 15.2. The molecule has 0 N–H and O–H groups in total. The lowest BCUT2D eigenvalue weighted by atomic mass is 9.88. The van der Waals surface area contributed by atoms with Crippen LogP contribution < -0.4 is 0 Å². The normalized spacial score (nSPS) is 14.6. The van der Waals surface area contributed by atoms with Crippen molar-refractivity contribution in [3.05, 3.63) is 34.3 Å². The smallest absolute Gasteiger partial charge is 0.0464 e. The molecule has 0 aliphatic heterocycles. The third-order valence-electron chi connectivity index (χ3n) is 3.22. The zero-order chi connectivity index (χ0) is 12.7. The first-order valence-electron chi connectivity index (χ1n) is 5.97. The van der Waals surface area contributed by atoms with Gasteiger partial charge in [0.15, 0.2) is 0 Å². The number of rotatable bonds is 7. The van der Waals surface area contributed by atoms with Crippen LogP contribution in [0.5, 0.6) is 0 Å². The molecular weight excluding hydrogens is 344 g/mol. The molecule has 1 nitrogen and oxygen atoms in total. The van der Waals surface area contributed by atoms with Crippen LogP contribution in [0.15, 0.2) is 28.7 Å². The Balaban J connectivity index is 2.60. The maximum absolute atomic E-state index is 5.16. The molecule has 0 fully saturated rings. The molecule has 0 aliphatic rings. The highest BCUT2D eigenvalue weighted by atomic mass is 79.9. The van der Waals surface area contributed by atoms with Gasteiger partial charge in [-0.25, -0.2) is 0 Å². The van der Waals surface area contributed by atoms with Gasteiger partial charge in [-0.2, -0.15) is 0 Å². The molecule has 17 heavy (non-hydrogen) atoms. The van der Waals surface area contributed by atoms with E-state index in [0.29, 0.717) is 11.8 Å². The highest BCUT2D eigenvalue weighted by Crippen LogP contribution is 2.26. The van der Waals surface area contributed by atoms with Gasteiger partial charge in [-0.3, -0.25) is 0 Å². The van der Waals surface area contributed by atoms with E-state index in [1.807, 2.05) is 0 Å². The van der Waals surface area contributed by atoms with Crippen LogP contribution in [0, 0.1) is 11.8 Å². The van der Waals surface area contributed by atoms with Gasteiger partial charge in [0.1, 0.15) is 0 Å². The van der Waals surface area contributed by atoms with Crippen LogP contribution in [-0.2, 0) is 11.2 Å². The standard InChI is InChI=1S/C14H20Br2O/c1-11(7-8-17-2)13(10-15)9-12-5-3-4-6-14(12)16/h3-6,11,13H,7-10H2,1-2H3. The van der Waals surface area contributed by atoms with E-state index >= 15 is 0 Å². The lowest BCUT2D eigenvalue weighted by molar-refractivity contribution is 0.168. The second-order valence-electron chi connectivity index (χ2n) is 4.47. The van der Waals surface area contributed by atoms with Crippen molar-refractivity contribution in [1.29, 1.82) is 0 Å². The molecule has 2 atom stereocenters. The lowest BCUT2D eigenvalue weighted by Crippen LogP contribution is -2.18. The number of halogens is 2. The van der Waals surface area contributed by atoms with E-state index in [-0.39, 0.29) is 0 Å². The van der Waals surface area contributed by atoms with Gasteiger partial charge in [0.05, 0.1) is 0 Å². The van der Waals surface area contributed by atoms with Crippen molar-refractivity contribution < 1.29 is 4.74 Å². The summed E-state index contributed by atoms with van der Waals surface area (Å²) in [5, 5.41) is 1.04. The molecule has 0 bridgehead atoms. The maximum atomic E-state index is 5.16. The Morgan fingerprint density at radius 2 is 2.00 bits per heavy atom. The Hall–Kier alpha value is 0.140. The summed E-state index contributed by atoms with van der Waals surface area (Å²) in [6.07, 6.45) is 2.23. The summed E-state index contributed by atoms with van der Waals surface area (Å²) in [6.45, 7) is 3.16. The Labute approximate surface area is 121 Å². The lowest BCUT2D eigenvalue weighted by Gasteiger charge is -2.22. The molecule has 96 valence electrons. The van der Waals surface area contributed by atoms with Crippen molar-refractivity contribution in [2.45, 2.75) is 19.8 Å². The number of ether oxygens (including phenoxy) is 1. The zero-order valence-electron chi connectivity index (χ0n) is 10.5.